The molecule has 2 heterocycles. The van der Waals surface area contributed by atoms with Crippen molar-refractivity contribution in [3.8, 4) is 5.75 Å². The molecule has 1 unspecified atom stereocenters. The van der Waals surface area contributed by atoms with Gasteiger partial charge in [-0.2, -0.15) is 0 Å². The van der Waals surface area contributed by atoms with Gasteiger partial charge in [0.2, 0.25) is 0 Å². The molecule has 1 aliphatic rings. The summed E-state index contributed by atoms with van der Waals surface area (Å²) >= 11 is 0. The molecule has 3 aromatic rings. The first-order valence-electron chi connectivity index (χ1n) is 10.3. The number of anilines is 1. The summed E-state index contributed by atoms with van der Waals surface area (Å²) in [7, 11) is 1.56. The zero-order valence-corrected chi connectivity index (χ0v) is 17.6. The van der Waals surface area contributed by atoms with Crippen LogP contribution in [0.4, 0.5) is 10.1 Å². The van der Waals surface area contributed by atoms with Crippen LogP contribution in [0.5, 0.6) is 5.75 Å². The van der Waals surface area contributed by atoms with Crippen LogP contribution in [0.3, 0.4) is 0 Å². The van der Waals surface area contributed by atoms with Gasteiger partial charge in [-0.1, -0.05) is 24.3 Å². The maximum atomic E-state index is 13.4. The van der Waals surface area contributed by atoms with Gasteiger partial charge in [0.25, 0.3) is 5.91 Å². The summed E-state index contributed by atoms with van der Waals surface area (Å²) in [4.78, 5) is 24.1. The van der Waals surface area contributed by atoms with Gasteiger partial charge in [-0.15, -0.1) is 0 Å². The van der Waals surface area contributed by atoms with Gasteiger partial charge in [0.15, 0.2) is 0 Å². The van der Waals surface area contributed by atoms with Gasteiger partial charge < -0.3 is 10.1 Å². The van der Waals surface area contributed by atoms with Crippen LogP contribution in [0.1, 0.15) is 39.8 Å². The molecule has 1 saturated heterocycles. The van der Waals surface area contributed by atoms with Crippen LogP contribution in [0.2, 0.25) is 0 Å². The summed E-state index contributed by atoms with van der Waals surface area (Å²) in [5.41, 5.74) is 2.63. The molecule has 31 heavy (non-hydrogen) atoms. The van der Waals surface area contributed by atoms with Crippen molar-refractivity contribution in [3.05, 3.63) is 83.2 Å². The number of carbonyl (C=O) groups is 1. The van der Waals surface area contributed by atoms with Gasteiger partial charge in [-0.25, -0.2) is 14.4 Å². The molecule has 0 aliphatic carbocycles. The van der Waals surface area contributed by atoms with Crippen LogP contribution in [-0.4, -0.2) is 41.0 Å². The molecule has 1 aromatic heterocycles. The highest BCUT2D eigenvalue weighted by Gasteiger charge is 2.27. The second kappa shape index (κ2) is 9.22. The highest BCUT2D eigenvalue weighted by atomic mass is 19.1. The monoisotopic (exact) mass is 420 g/mol. The van der Waals surface area contributed by atoms with Gasteiger partial charge in [0, 0.05) is 25.2 Å². The van der Waals surface area contributed by atoms with Crippen LogP contribution in [0.25, 0.3) is 0 Å². The Hall–Kier alpha value is -3.32. The number of nitrogens with one attached hydrogen (secondary N) is 1. The molecule has 1 N–H and O–H groups in total. The third-order valence-corrected chi connectivity index (χ3v) is 5.53. The molecule has 6 nitrogen and oxygen atoms in total. The Morgan fingerprint density at radius 2 is 2.10 bits per heavy atom. The van der Waals surface area contributed by atoms with Gasteiger partial charge >= 0.3 is 0 Å². The number of nitrogens with zero attached hydrogens (tertiary/aromatic N) is 3. The Labute approximate surface area is 181 Å². The minimum atomic E-state index is -0.271. The Balaban J connectivity index is 1.42. The van der Waals surface area contributed by atoms with Crippen molar-refractivity contribution in [1.29, 1.82) is 0 Å². The van der Waals surface area contributed by atoms with E-state index in [1.807, 2.05) is 25.1 Å². The van der Waals surface area contributed by atoms with E-state index in [0.717, 1.165) is 30.9 Å². The third kappa shape index (κ3) is 4.88. The standard InChI is InChI=1S/C24H25FN4O2/c1-16-20(24(30)28-21-8-3-4-9-22(21)31-2)13-26-23(27-16)18-10-11-29(15-18)14-17-6-5-7-19(25)12-17/h3-9,12-13,18H,10-11,14-15H2,1-2H3,(H,28,30). The van der Waals surface area contributed by atoms with Crippen molar-refractivity contribution < 1.29 is 13.9 Å². The molecule has 1 fully saturated rings. The molecule has 7 heteroatoms. The number of aryl methyl sites for hydroxylation is 1. The summed E-state index contributed by atoms with van der Waals surface area (Å²) in [6.45, 7) is 4.23. The highest BCUT2D eigenvalue weighted by molar-refractivity contribution is 6.05. The molecule has 0 radical (unpaired) electrons. The summed E-state index contributed by atoms with van der Waals surface area (Å²) in [5, 5.41) is 2.86. The van der Waals surface area contributed by atoms with Crippen molar-refractivity contribution in [2.75, 3.05) is 25.5 Å². The van der Waals surface area contributed by atoms with E-state index in [4.69, 9.17) is 4.74 Å². The second-order valence-electron chi connectivity index (χ2n) is 7.73. The van der Waals surface area contributed by atoms with Gasteiger partial charge in [0.05, 0.1) is 24.1 Å². The van der Waals surface area contributed by atoms with Crippen molar-refractivity contribution in [3.63, 3.8) is 0 Å². The second-order valence-corrected chi connectivity index (χ2v) is 7.73. The zero-order chi connectivity index (χ0) is 21.8. The predicted molar refractivity (Wildman–Crippen MR) is 117 cm³/mol. The number of aromatic nitrogens is 2. The molecule has 2 aromatic carbocycles. The van der Waals surface area contributed by atoms with Gasteiger partial charge in [-0.05, 0) is 49.7 Å². The van der Waals surface area contributed by atoms with Crippen molar-refractivity contribution >= 4 is 11.6 Å². The average Bonchev–Trinajstić information content (AvgIpc) is 3.22. The van der Waals surface area contributed by atoms with E-state index >= 15 is 0 Å². The quantitative estimate of drug-likeness (QED) is 0.648. The third-order valence-electron chi connectivity index (χ3n) is 5.53. The molecule has 0 saturated carbocycles. The number of ether oxygens (including phenoxy) is 1. The number of hydrogen-bond donors (Lipinski definition) is 1. The molecule has 0 spiro atoms. The topological polar surface area (TPSA) is 67.3 Å². The number of methoxy groups -OCH3 is 1. The van der Waals surface area contributed by atoms with E-state index < -0.39 is 0 Å². The molecule has 160 valence electrons. The largest absolute Gasteiger partial charge is 0.495 e. The number of carbonyl (C=O) groups excluding carboxylic acids is 1. The number of benzene rings is 2. The van der Waals surface area contributed by atoms with E-state index in [0.29, 0.717) is 29.2 Å². The highest BCUT2D eigenvalue weighted by Crippen LogP contribution is 2.27. The first-order chi connectivity index (χ1) is 15.0. The Morgan fingerprint density at radius 1 is 1.26 bits per heavy atom. The molecular formula is C24H25FN4O2. The number of hydrogen-bond acceptors (Lipinski definition) is 5. The SMILES string of the molecule is COc1ccccc1NC(=O)c1cnc(C2CCN(Cc3cccc(F)c3)C2)nc1C. The predicted octanol–water partition coefficient (Wildman–Crippen LogP) is 4.17. The van der Waals surface area contributed by atoms with Crippen LogP contribution in [0, 0.1) is 12.7 Å². The summed E-state index contributed by atoms with van der Waals surface area (Å²) < 4.78 is 18.7. The number of halogens is 1. The fourth-order valence-corrected chi connectivity index (χ4v) is 3.92. The van der Waals surface area contributed by atoms with E-state index in [9.17, 15) is 9.18 Å². The van der Waals surface area contributed by atoms with E-state index in [1.165, 1.54) is 6.07 Å². The van der Waals surface area contributed by atoms with Crippen molar-refractivity contribution in [2.24, 2.45) is 0 Å². The number of para-hydroxylation sites is 2. The smallest absolute Gasteiger partial charge is 0.259 e. The fourth-order valence-electron chi connectivity index (χ4n) is 3.92. The molecule has 1 aliphatic heterocycles. The summed E-state index contributed by atoms with van der Waals surface area (Å²) in [5.74, 6) is 1.05. The van der Waals surface area contributed by atoms with Crippen LogP contribution < -0.4 is 10.1 Å². The number of likely N-dealkylation sites (tertiary alicyclic amines) is 1. The summed E-state index contributed by atoms with van der Waals surface area (Å²) in [6, 6.07) is 14.0. The van der Waals surface area contributed by atoms with Gasteiger partial charge in [-0.3, -0.25) is 9.69 Å². The molecular weight excluding hydrogens is 395 g/mol. The first-order valence-corrected chi connectivity index (χ1v) is 10.3. The minimum absolute atomic E-state index is 0.193. The van der Waals surface area contributed by atoms with E-state index in [2.05, 4.69) is 20.2 Å². The first kappa shape index (κ1) is 20.9. The molecule has 4 rings (SSSR count). The fraction of sp³-hybridized carbons (Fsp3) is 0.292. The van der Waals surface area contributed by atoms with Crippen molar-refractivity contribution in [1.82, 2.24) is 14.9 Å². The Bertz CT molecular complexity index is 1090. The number of rotatable bonds is 6. The zero-order valence-electron chi connectivity index (χ0n) is 17.6. The van der Waals surface area contributed by atoms with E-state index in [1.54, 1.807) is 37.6 Å². The minimum Gasteiger partial charge on any atom is -0.495 e. The van der Waals surface area contributed by atoms with Crippen LogP contribution in [0.15, 0.2) is 54.7 Å². The van der Waals surface area contributed by atoms with E-state index in [-0.39, 0.29) is 17.6 Å². The maximum Gasteiger partial charge on any atom is 0.259 e. The molecule has 1 amide bonds. The van der Waals surface area contributed by atoms with Crippen LogP contribution >= 0.6 is 0 Å². The lowest BCUT2D eigenvalue weighted by atomic mass is 10.1. The average molecular weight is 420 g/mol. The molecule has 1 atom stereocenters. The Morgan fingerprint density at radius 3 is 2.87 bits per heavy atom. The summed E-state index contributed by atoms with van der Waals surface area (Å²) in [6.07, 6.45) is 2.53. The van der Waals surface area contributed by atoms with Crippen LogP contribution in [-0.2, 0) is 6.54 Å². The number of amides is 1. The Kier molecular flexibility index (Phi) is 6.23. The van der Waals surface area contributed by atoms with Gasteiger partial charge in [0.1, 0.15) is 17.4 Å². The maximum absolute atomic E-state index is 13.4. The lowest BCUT2D eigenvalue weighted by molar-refractivity contribution is 0.102. The normalized spacial score (nSPS) is 16.3. The lowest BCUT2D eigenvalue weighted by Gasteiger charge is -2.16. The molecule has 0 bridgehead atoms. The van der Waals surface area contributed by atoms with Crippen molar-refractivity contribution in [2.45, 2.75) is 25.8 Å². The lowest BCUT2D eigenvalue weighted by Crippen LogP contribution is -2.21.